The zero-order valence-corrected chi connectivity index (χ0v) is 21.4. The van der Waals surface area contributed by atoms with Crippen molar-refractivity contribution in [1.29, 1.82) is 0 Å². The van der Waals surface area contributed by atoms with Crippen molar-refractivity contribution >= 4 is 63.7 Å². The number of hydrogen-bond donors (Lipinski definition) is 1. The van der Waals surface area contributed by atoms with Gasteiger partial charge in [0.1, 0.15) is 5.25 Å². The molecular formula is C25H24Cl2N2O3S2. The predicted molar refractivity (Wildman–Crippen MR) is 140 cm³/mol. The van der Waals surface area contributed by atoms with Crippen molar-refractivity contribution in [3.63, 3.8) is 0 Å². The van der Waals surface area contributed by atoms with Crippen LogP contribution in [0.1, 0.15) is 18.0 Å². The molecule has 5 nitrogen and oxygen atoms in total. The number of hydrogen-bond acceptors (Lipinski definition) is 6. The van der Waals surface area contributed by atoms with Gasteiger partial charge in [0.05, 0.1) is 24.3 Å². The molecule has 1 N–H and O–H groups in total. The van der Waals surface area contributed by atoms with Crippen LogP contribution in [0.15, 0.2) is 70.3 Å². The number of nitrogens with one attached hydrogen (secondary N) is 1. The summed E-state index contributed by atoms with van der Waals surface area (Å²) >= 11 is 15.0. The minimum atomic E-state index is -0.824. The van der Waals surface area contributed by atoms with Crippen LogP contribution >= 0.6 is 46.3 Å². The summed E-state index contributed by atoms with van der Waals surface area (Å²) < 4.78 is 5.39. The molecule has 3 aromatic rings. The van der Waals surface area contributed by atoms with Crippen molar-refractivity contribution < 1.29 is 14.3 Å². The van der Waals surface area contributed by atoms with Crippen molar-refractivity contribution in [2.45, 2.75) is 22.6 Å². The van der Waals surface area contributed by atoms with Crippen LogP contribution in [0, 0.1) is 0 Å². The van der Waals surface area contributed by atoms with Gasteiger partial charge < -0.3 is 15.0 Å². The van der Waals surface area contributed by atoms with E-state index >= 15 is 0 Å². The number of amides is 1. The van der Waals surface area contributed by atoms with Crippen LogP contribution in [-0.2, 0) is 14.3 Å². The third kappa shape index (κ3) is 6.55. The van der Waals surface area contributed by atoms with Gasteiger partial charge in [0.25, 0.3) is 0 Å². The predicted octanol–water partition coefficient (Wildman–Crippen LogP) is 5.87. The molecule has 0 aliphatic carbocycles. The maximum atomic E-state index is 12.7. The van der Waals surface area contributed by atoms with E-state index in [1.54, 1.807) is 29.5 Å². The number of morpholine rings is 1. The minimum Gasteiger partial charge on any atom is -0.378 e. The quantitative estimate of drug-likeness (QED) is 0.424. The van der Waals surface area contributed by atoms with E-state index in [1.165, 1.54) is 0 Å². The van der Waals surface area contributed by atoms with Gasteiger partial charge in [-0.3, -0.25) is 9.59 Å². The van der Waals surface area contributed by atoms with Crippen LogP contribution in [0.2, 0.25) is 10.0 Å². The number of carbonyl (C=O) groups excluding carboxylic acids is 2. The van der Waals surface area contributed by atoms with Crippen molar-refractivity contribution in [3.05, 3.63) is 81.0 Å². The molecule has 178 valence electrons. The van der Waals surface area contributed by atoms with E-state index in [0.717, 1.165) is 49.3 Å². The molecule has 5 rings (SSSR count). The Labute approximate surface area is 217 Å². The van der Waals surface area contributed by atoms with E-state index in [0.29, 0.717) is 14.9 Å². The molecule has 0 spiro atoms. The second kappa shape index (κ2) is 12.1. The molecule has 0 radical (unpaired) electrons. The number of ether oxygens (including phenoxy) is 1. The van der Waals surface area contributed by atoms with Gasteiger partial charge in [-0.2, -0.15) is 11.3 Å². The topological polar surface area (TPSA) is 58.6 Å². The van der Waals surface area contributed by atoms with Gasteiger partial charge in [-0.05, 0) is 46.7 Å². The average Bonchev–Trinajstić information content (AvgIpc) is 3.44. The van der Waals surface area contributed by atoms with Crippen LogP contribution in [-0.4, -0.2) is 43.2 Å². The molecule has 1 aromatic heterocycles. The number of nitrogens with zero attached hydrogens (tertiary/aromatic N) is 1. The van der Waals surface area contributed by atoms with Crippen LogP contribution in [0.4, 0.5) is 5.69 Å². The first kappa shape index (κ1) is 25.1. The Kier molecular flexibility index (Phi) is 8.92. The molecule has 2 fully saturated rings. The highest BCUT2D eigenvalue weighted by Crippen LogP contribution is 2.36. The molecule has 0 saturated carbocycles. The van der Waals surface area contributed by atoms with E-state index in [9.17, 15) is 9.59 Å². The number of carbonyl (C=O) groups is 2. The minimum absolute atomic E-state index is 0.114. The fourth-order valence-electron chi connectivity index (χ4n) is 3.73. The van der Waals surface area contributed by atoms with Gasteiger partial charge in [-0.15, -0.1) is 11.8 Å². The zero-order valence-electron chi connectivity index (χ0n) is 18.3. The fraction of sp³-hybridized carbons (Fsp3) is 0.280. The zero-order chi connectivity index (χ0) is 23.9. The Bertz CT molecular complexity index is 1070. The number of thioether (sulfide) groups is 1. The molecule has 2 aromatic carbocycles. The average molecular weight is 536 g/mol. The molecule has 9 heteroatoms. The molecule has 2 atom stereocenters. The normalized spacial score (nSPS) is 20.4. The van der Waals surface area contributed by atoms with Crippen LogP contribution in [0.25, 0.3) is 0 Å². The van der Waals surface area contributed by atoms with E-state index in [-0.39, 0.29) is 24.2 Å². The summed E-state index contributed by atoms with van der Waals surface area (Å²) in [5.41, 5.74) is 2.04. The Balaban J connectivity index is 0.000000486. The van der Waals surface area contributed by atoms with Gasteiger partial charge in [0.15, 0.2) is 5.78 Å². The van der Waals surface area contributed by atoms with Crippen molar-refractivity contribution in [2.75, 3.05) is 31.2 Å². The summed E-state index contributed by atoms with van der Waals surface area (Å²) in [5, 5.41) is 7.22. The van der Waals surface area contributed by atoms with E-state index in [4.69, 9.17) is 27.9 Å². The first-order valence-electron chi connectivity index (χ1n) is 10.9. The first-order chi connectivity index (χ1) is 16.5. The number of rotatable bonds is 4. The number of ketones is 1. The number of thiophene rings is 1. The van der Waals surface area contributed by atoms with Gasteiger partial charge >= 0.3 is 0 Å². The lowest BCUT2D eigenvalue weighted by molar-refractivity contribution is -0.131. The molecule has 34 heavy (non-hydrogen) atoms. The lowest BCUT2D eigenvalue weighted by Crippen LogP contribution is -2.46. The monoisotopic (exact) mass is 534 g/mol. The molecule has 3 heterocycles. The second-order valence-electron chi connectivity index (χ2n) is 7.79. The number of piperidine rings is 1. The van der Waals surface area contributed by atoms with Crippen molar-refractivity contribution in [1.82, 2.24) is 5.32 Å². The smallest absolute Gasteiger partial charge is 0.241 e. The number of anilines is 1. The Morgan fingerprint density at radius 1 is 1.00 bits per heavy atom. The Hall–Kier alpha value is -2.03. The van der Waals surface area contributed by atoms with Gasteiger partial charge in [-0.25, -0.2) is 0 Å². The summed E-state index contributed by atoms with van der Waals surface area (Å²) in [6.45, 7) is 3.18. The first-order valence-corrected chi connectivity index (χ1v) is 13.4. The Morgan fingerprint density at radius 3 is 2.32 bits per heavy atom. The summed E-state index contributed by atoms with van der Waals surface area (Å²) in [6, 6.07) is 16.7. The van der Waals surface area contributed by atoms with E-state index < -0.39 is 5.25 Å². The highest BCUT2D eigenvalue weighted by atomic mass is 35.5. The van der Waals surface area contributed by atoms with E-state index in [1.807, 2.05) is 47.2 Å². The third-order valence-corrected chi connectivity index (χ3v) is 8.10. The summed E-state index contributed by atoms with van der Waals surface area (Å²) in [4.78, 5) is 28.3. The van der Waals surface area contributed by atoms with Gasteiger partial charge in [-0.1, -0.05) is 47.5 Å². The molecule has 2 aliphatic heterocycles. The molecule has 1 amide bonds. The molecule has 2 saturated heterocycles. The van der Waals surface area contributed by atoms with Gasteiger partial charge in [0, 0.05) is 35.1 Å². The highest BCUT2D eigenvalue weighted by molar-refractivity contribution is 8.01. The SMILES string of the molecule is O=C1CC(c2ccc(N3CCOCC3)cc2)NC(=O)C1Sc1cc(Cl)ccc1Cl.c1ccsc1. The van der Waals surface area contributed by atoms with Crippen LogP contribution < -0.4 is 10.2 Å². The number of halogens is 2. The maximum absolute atomic E-state index is 12.7. The highest BCUT2D eigenvalue weighted by Gasteiger charge is 2.36. The third-order valence-electron chi connectivity index (χ3n) is 5.49. The Morgan fingerprint density at radius 2 is 1.71 bits per heavy atom. The fourth-order valence-corrected chi connectivity index (χ4v) is 5.71. The van der Waals surface area contributed by atoms with Crippen LogP contribution in [0.3, 0.4) is 0 Å². The lowest BCUT2D eigenvalue weighted by Gasteiger charge is -2.30. The second-order valence-corrected chi connectivity index (χ2v) is 10.6. The number of benzene rings is 2. The van der Waals surface area contributed by atoms with E-state index in [2.05, 4.69) is 10.2 Å². The van der Waals surface area contributed by atoms with Crippen molar-refractivity contribution in [2.24, 2.45) is 0 Å². The standard InChI is InChI=1S/C21H20Cl2N2O3S.C4H4S/c22-14-3-6-16(23)19(11-14)29-20-18(26)12-17(24-21(20)27)13-1-4-15(5-2-13)25-7-9-28-10-8-25;1-2-4-5-3-1/h1-6,11,17,20H,7-10,12H2,(H,24,27);1-4H. The molecular weight excluding hydrogens is 511 g/mol. The van der Waals surface area contributed by atoms with Gasteiger partial charge in [0.2, 0.25) is 5.91 Å². The molecule has 2 aliphatic rings. The lowest BCUT2D eigenvalue weighted by atomic mass is 9.95. The number of Topliss-reactive ketones (excluding diaryl/α,β-unsaturated/α-hetero) is 1. The summed E-state index contributed by atoms with van der Waals surface area (Å²) in [7, 11) is 0. The molecule has 2 unspecified atom stereocenters. The largest absolute Gasteiger partial charge is 0.378 e. The van der Waals surface area contributed by atoms with Crippen LogP contribution in [0.5, 0.6) is 0 Å². The summed E-state index contributed by atoms with van der Waals surface area (Å²) in [6.07, 6.45) is 0.249. The molecule has 0 bridgehead atoms. The maximum Gasteiger partial charge on any atom is 0.241 e. The van der Waals surface area contributed by atoms with Crippen molar-refractivity contribution in [3.8, 4) is 0 Å². The summed E-state index contributed by atoms with van der Waals surface area (Å²) in [5.74, 6) is -0.415.